The predicted molar refractivity (Wildman–Crippen MR) is 54.6 cm³/mol. The summed E-state index contributed by atoms with van der Waals surface area (Å²) in [5, 5.41) is 9.76. The van der Waals surface area contributed by atoms with Gasteiger partial charge in [-0.25, -0.2) is 4.39 Å². The van der Waals surface area contributed by atoms with Crippen molar-refractivity contribution in [1.82, 2.24) is 0 Å². The van der Waals surface area contributed by atoms with Crippen molar-refractivity contribution in [2.75, 3.05) is 0 Å². The topological polar surface area (TPSA) is 46.2 Å². The number of hydrogen-bond donors (Lipinski definition) is 2. The first kappa shape index (κ1) is 11.4. The molecule has 0 fully saturated rings. The van der Waals surface area contributed by atoms with E-state index in [0.29, 0.717) is 17.0 Å². The second-order valence-corrected chi connectivity index (χ2v) is 3.64. The molecular formula is C10H13ClFNO. The quantitative estimate of drug-likeness (QED) is 0.816. The van der Waals surface area contributed by atoms with E-state index in [4.69, 9.17) is 17.3 Å². The molecule has 2 nitrogen and oxygen atoms in total. The maximum absolute atomic E-state index is 12.9. The summed E-state index contributed by atoms with van der Waals surface area (Å²) in [4.78, 5) is 0. The van der Waals surface area contributed by atoms with Gasteiger partial charge in [-0.3, -0.25) is 0 Å². The first-order valence-corrected chi connectivity index (χ1v) is 4.82. The van der Waals surface area contributed by atoms with Crippen LogP contribution in [0.25, 0.3) is 0 Å². The lowest BCUT2D eigenvalue weighted by Gasteiger charge is -2.17. The Morgan fingerprint density at radius 3 is 2.64 bits per heavy atom. The van der Waals surface area contributed by atoms with Gasteiger partial charge in [0, 0.05) is 5.02 Å². The van der Waals surface area contributed by atoms with Crippen LogP contribution >= 0.6 is 11.6 Å². The molecule has 14 heavy (non-hydrogen) atoms. The Labute approximate surface area is 87.5 Å². The molecule has 0 spiro atoms. The molecular weight excluding hydrogens is 205 g/mol. The van der Waals surface area contributed by atoms with Crippen LogP contribution in [0.1, 0.15) is 24.9 Å². The third-order valence-electron chi connectivity index (χ3n) is 2.10. The second-order valence-electron chi connectivity index (χ2n) is 3.20. The SMILES string of the molecule is CC[C@H](O)[C@H](N)c1cc(F)cc(Cl)c1. The lowest BCUT2D eigenvalue weighted by Crippen LogP contribution is -2.25. The summed E-state index contributed by atoms with van der Waals surface area (Å²) in [5.74, 6) is -0.439. The highest BCUT2D eigenvalue weighted by Crippen LogP contribution is 2.21. The fourth-order valence-electron chi connectivity index (χ4n) is 1.24. The number of hydrogen-bond acceptors (Lipinski definition) is 2. The average molecular weight is 218 g/mol. The summed E-state index contributed by atoms with van der Waals surface area (Å²) >= 11 is 5.66. The molecule has 4 heteroatoms. The molecule has 2 atom stereocenters. The van der Waals surface area contributed by atoms with E-state index < -0.39 is 18.0 Å². The second kappa shape index (κ2) is 4.73. The van der Waals surface area contributed by atoms with Crippen LogP contribution in [-0.4, -0.2) is 11.2 Å². The molecule has 0 amide bonds. The number of rotatable bonds is 3. The first-order chi connectivity index (χ1) is 6.54. The first-order valence-electron chi connectivity index (χ1n) is 4.44. The van der Waals surface area contributed by atoms with Crippen molar-refractivity contribution in [3.05, 3.63) is 34.6 Å². The van der Waals surface area contributed by atoms with Crippen molar-refractivity contribution >= 4 is 11.6 Å². The van der Waals surface area contributed by atoms with Crippen LogP contribution in [0.5, 0.6) is 0 Å². The van der Waals surface area contributed by atoms with E-state index in [-0.39, 0.29) is 0 Å². The van der Waals surface area contributed by atoms with Crippen LogP contribution in [0.3, 0.4) is 0 Å². The fourth-order valence-corrected chi connectivity index (χ4v) is 1.47. The average Bonchev–Trinajstić information content (AvgIpc) is 2.14. The van der Waals surface area contributed by atoms with Crippen molar-refractivity contribution in [3.8, 4) is 0 Å². The highest BCUT2D eigenvalue weighted by atomic mass is 35.5. The largest absolute Gasteiger partial charge is 0.391 e. The van der Waals surface area contributed by atoms with E-state index in [1.165, 1.54) is 12.1 Å². The molecule has 0 heterocycles. The van der Waals surface area contributed by atoms with E-state index in [1.807, 2.05) is 6.92 Å². The smallest absolute Gasteiger partial charge is 0.125 e. The Morgan fingerprint density at radius 1 is 1.50 bits per heavy atom. The molecule has 0 radical (unpaired) electrons. The minimum absolute atomic E-state index is 0.291. The predicted octanol–water partition coefficient (Wildman–Crippen LogP) is 2.25. The molecule has 0 saturated heterocycles. The third-order valence-corrected chi connectivity index (χ3v) is 2.32. The Kier molecular flexibility index (Phi) is 3.86. The van der Waals surface area contributed by atoms with Crippen LogP contribution in [0.2, 0.25) is 5.02 Å². The van der Waals surface area contributed by atoms with Gasteiger partial charge in [-0.05, 0) is 30.2 Å². The Bertz CT molecular complexity index is 299. The van der Waals surface area contributed by atoms with E-state index >= 15 is 0 Å². The van der Waals surface area contributed by atoms with Crippen LogP contribution in [0.15, 0.2) is 18.2 Å². The highest BCUT2D eigenvalue weighted by molar-refractivity contribution is 6.30. The number of nitrogens with two attached hydrogens (primary N) is 1. The zero-order chi connectivity index (χ0) is 10.7. The van der Waals surface area contributed by atoms with Gasteiger partial charge in [0.15, 0.2) is 0 Å². The summed E-state index contributed by atoms with van der Waals surface area (Å²) < 4.78 is 12.9. The molecule has 78 valence electrons. The molecule has 0 aliphatic carbocycles. The Morgan fingerprint density at radius 2 is 2.14 bits per heavy atom. The van der Waals surface area contributed by atoms with Gasteiger partial charge in [0.2, 0.25) is 0 Å². The number of halogens is 2. The molecule has 1 rings (SSSR count). The van der Waals surface area contributed by atoms with Crippen molar-refractivity contribution in [2.45, 2.75) is 25.5 Å². The minimum Gasteiger partial charge on any atom is -0.391 e. The van der Waals surface area contributed by atoms with Crippen molar-refractivity contribution in [2.24, 2.45) is 5.73 Å². The summed E-state index contributed by atoms with van der Waals surface area (Å²) in [6, 6.07) is 3.47. The van der Waals surface area contributed by atoms with Gasteiger partial charge in [-0.1, -0.05) is 18.5 Å². The van der Waals surface area contributed by atoms with Crippen LogP contribution in [0, 0.1) is 5.82 Å². The van der Waals surface area contributed by atoms with E-state index in [1.54, 1.807) is 6.07 Å². The Balaban J connectivity index is 2.94. The van der Waals surface area contributed by atoms with Gasteiger partial charge in [0.05, 0.1) is 12.1 Å². The molecule has 3 N–H and O–H groups in total. The summed E-state index contributed by atoms with van der Waals surface area (Å²) in [6.07, 6.45) is -0.150. The zero-order valence-electron chi connectivity index (χ0n) is 7.87. The summed E-state index contributed by atoms with van der Waals surface area (Å²) in [6.45, 7) is 1.81. The van der Waals surface area contributed by atoms with Crippen LogP contribution < -0.4 is 5.73 Å². The highest BCUT2D eigenvalue weighted by Gasteiger charge is 2.15. The van der Waals surface area contributed by atoms with Crippen molar-refractivity contribution in [1.29, 1.82) is 0 Å². The standard InChI is InChI=1S/C10H13ClFNO/c1-2-9(14)10(13)6-3-7(11)5-8(12)4-6/h3-5,9-10,14H,2,13H2,1H3/t9-,10+/m0/s1. The summed E-state index contributed by atoms with van der Waals surface area (Å²) in [5.41, 5.74) is 6.23. The zero-order valence-corrected chi connectivity index (χ0v) is 8.63. The number of benzene rings is 1. The van der Waals surface area contributed by atoms with Crippen molar-refractivity contribution in [3.63, 3.8) is 0 Å². The monoisotopic (exact) mass is 217 g/mol. The maximum atomic E-state index is 12.9. The molecule has 0 bridgehead atoms. The van der Waals surface area contributed by atoms with Gasteiger partial charge in [-0.2, -0.15) is 0 Å². The number of aliphatic hydroxyl groups is 1. The lowest BCUT2D eigenvalue weighted by molar-refractivity contribution is 0.140. The third kappa shape index (κ3) is 2.67. The lowest BCUT2D eigenvalue weighted by atomic mass is 10.0. The van der Waals surface area contributed by atoms with Gasteiger partial charge in [0.1, 0.15) is 5.82 Å². The molecule has 0 unspecified atom stereocenters. The van der Waals surface area contributed by atoms with Gasteiger partial charge < -0.3 is 10.8 Å². The van der Waals surface area contributed by atoms with Crippen LogP contribution in [-0.2, 0) is 0 Å². The van der Waals surface area contributed by atoms with Gasteiger partial charge in [0.25, 0.3) is 0 Å². The van der Waals surface area contributed by atoms with Gasteiger partial charge >= 0.3 is 0 Å². The van der Waals surface area contributed by atoms with Crippen LogP contribution in [0.4, 0.5) is 4.39 Å². The Hall–Kier alpha value is -0.640. The molecule has 0 aliphatic heterocycles. The van der Waals surface area contributed by atoms with Gasteiger partial charge in [-0.15, -0.1) is 0 Å². The number of aliphatic hydroxyl groups excluding tert-OH is 1. The molecule has 0 aliphatic rings. The molecule has 0 aromatic heterocycles. The van der Waals surface area contributed by atoms with E-state index in [0.717, 1.165) is 0 Å². The van der Waals surface area contributed by atoms with E-state index in [9.17, 15) is 9.50 Å². The van der Waals surface area contributed by atoms with Crippen molar-refractivity contribution < 1.29 is 9.50 Å². The molecule has 1 aromatic carbocycles. The summed E-state index contributed by atoms with van der Waals surface area (Å²) in [7, 11) is 0. The fraction of sp³-hybridized carbons (Fsp3) is 0.400. The normalized spacial score (nSPS) is 15.2. The molecule has 1 aromatic rings. The molecule has 0 saturated carbocycles. The van der Waals surface area contributed by atoms with E-state index in [2.05, 4.69) is 0 Å². The minimum atomic E-state index is -0.673. The maximum Gasteiger partial charge on any atom is 0.125 e.